The summed E-state index contributed by atoms with van der Waals surface area (Å²) in [6, 6.07) is 10.1. The van der Waals surface area contributed by atoms with Gasteiger partial charge in [-0.2, -0.15) is 0 Å². The van der Waals surface area contributed by atoms with Crippen LogP contribution in [0, 0.1) is 11.2 Å². The van der Waals surface area contributed by atoms with Gasteiger partial charge in [-0.3, -0.25) is 4.39 Å². The second-order valence-corrected chi connectivity index (χ2v) is 11.1. The van der Waals surface area contributed by atoms with Crippen LogP contribution in [0.1, 0.15) is 62.3 Å². The quantitative estimate of drug-likeness (QED) is 0.354. The molecule has 0 amide bonds. The number of nitrogens with zero attached hydrogens (tertiary/aromatic N) is 2. The molecule has 0 spiro atoms. The molecule has 2 aliphatic rings. The van der Waals surface area contributed by atoms with E-state index in [0.717, 1.165) is 12.8 Å². The third-order valence-corrected chi connectivity index (χ3v) is 7.93. The Kier molecular flexibility index (Phi) is 5.99. The van der Waals surface area contributed by atoms with Crippen molar-refractivity contribution >= 4 is 29.6 Å². The molecule has 2 aromatic carbocycles. The lowest BCUT2D eigenvalue weighted by molar-refractivity contribution is 0.00578. The summed E-state index contributed by atoms with van der Waals surface area (Å²) in [5.74, 6) is -0.223. The summed E-state index contributed by atoms with van der Waals surface area (Å²) in [4.78, 5) is 16.8. The summed E-state index contributed by atoms with van der Waals surface area (Å²) in [7, 11) is 0.673. The van der Waals surface area contributed by atoms with Crippen molar-refractivity contribution in [3.8, 4) is 0 Å². The van der Waals surface area contributed by atoms with Gasteiger partial charge in [0.15, 0.2) is 0 Å². The Labute approximate surface area is 210 Å². The van der Waals surface area contributed by atoms with Crippen molar-refractivity contribution in [3.05, 3.63) is 59.2 Å². The number of aromatic nitrogens is 2. The summed E-state index contributed by atoms with van der Waals surface area (Å²) < 4.78 is 48.0. The highest BCUT2D eigenvalue weighted by Gasteiger charge is 2.51. The highest BCUT2D eigenvalue weighted by molar-refractivity contribution is 6.62. The fourth-order valence-electron chi connectivity index (χ4n) is 4.58. The Morgan fingerprint density at radius 3 is 2.39 bits per heavy atom. The lowest BCUT2D eigenvalue weighted by Crippen LogP contribution is -2.41. The molecule has 0 atom stereocenters. The first kappa shape index (κ1) is 24.9. The zero-order chi connectivity index (χ0) is 25.9. The molecule has 1 saturated carbocycles. The Morgan fingerprint density at radius 2 is 1.81 bits per heavy atom. The van der Waals surface area contributed by atoms with Crippen LogP contribution in [-0.4, -0.2) is 47.6 Å². The summed E-state index contributed by atoms with van der Waals surface area (Å²) in [6.07, 6.45) is 1.80. The number of imidazole rings is 1. The molecule has 5 rings (SSSR count). The predicted molar refractivity (Wildman–Crippen MR) is 134 cm³/mol. The number of benzene rings is 2. The Balaban J connectivity index is 1.48. The van der Waals surface area contributed by atoms with Gasteiger partial charge in [-0.25, -0.2) is 14.2 Å². The monoisotopic (exact) mass is 496 g/mol. The minimum absolute atomic E-state index is 0.222. The van der Waals surface area contributed by atoms with Gasteiger partial charge < -0.3 is 18.6 Å². The highest BCUT2D eigenvalue weighted by atomic mass is 19.1. The van der Waals surface area contributed by atoms with E-state index in [9.17, 15) is 9.18 Å². The molecule has 1 aliphatic carbocycles. The van der Waals surface area contributed by atoms with Crippen LogP contribution in [-0.2, 0) is 27.0 Å². The van der Waals surface area contributed by atoms with E-state index in [-0.39, 0.29) is 12.2 Å². The van der Waals surface area contributed by atoms with Crippen LogP contribution in [0.5, 0.6) is 0 Å². The van der Waals surface area contributed by atoms with Gasteiger partial charge in [0, 0.05) is 18.4 Å². The van der Waals surface area contributed by atoms with E-state index in [2.05, 4.69) is 0 Å². The number of carbonyl (C=O) groups is 1. The molecule has 0 N–H and O–H groups in total. The molecule has 2 heterocycles. The van der Waals surface area contributed by atoms with Crippen LogP contribution in [0.25, 0.3) is 11.0 Å². The number of carbonyl (C=O) groups excluding carboxylic acids is 1. The Bertz CT molecular complexity index is 1320. The minimum atomic E-state index is -0.654. The molecule has 36 heavy (non-hydrogen) atoms. The van der Waals surface area contributed by atoms with E-state index in [1.165, 1.54) is 13.2 Å². The van der Waals surface area contributed by atoms with Gasteiger partial charge in [-0.15, -0.1) is 0 Å². The number of ether oxygens (including phenoxy) is 1. The normalized spacial score (nSPS) is 19.6. The van der Waals surface area contributed by atoms with Gasteiger partial charge in [0.1, 0.15) is 11.6 Å². The molecular weight excluding hydrogens is 465 g/mol. The average molecular weight is 496 g/mol. The van der Waals surface area contributed by atoms with Gasteiger partial charge in [-0.1, -0.05) is 12.1 Å². The second kappa shape index (κ2) is 8.66. The van der Waals surface area contributed by atoms with Gasteiger partial charge in [0.25, 0.3) is 0 Å². The number of fused-ring (bicyclic) bond motifs is 1. The molecule has 0 radical (unpaired) electrons. The van der Waals surface area contributed by atoms with Crippen LogP contribution < -0.4 is 5.46 Å². The topological polar surface area (TPSA) is 62.6 Å². The van der Waals surface area contributed by atoms with E-state index in [4.69, 9.17) is 19.0 Å². The number of alkyl halides is 1. The molecule has 190 valence electrons. The number of esters is 1. The van der Waals surface area contributed by atoms with Gasteiger partial charge in [0.05, 0.1) is 41.6 Å². The van der Waals surface area contributed by atoms with E-state index in [1.54, 1.807) is 24.3 Å². The van der Waals surface area contributed by atoms with Crippen molar-refractivity contribution in [1.82, 2.24) is 9.55 Å². The molecule has 6 nitrogen and oxygen atoms in total. The molecule has 1 saturated heterocycles. The van der Waals surface area contributed by atoms with Crippen LogP contribution in [0.15, 0.2) is 36.4 Å². The van der Waals surface area contributed by atoms with E-state index >= 15 is 4.39 Å². The first-order valence-electron chi connectivity index (χ1n) is 12.2. The molecule has 3 aromatic rings. The maximum absolute atomic E-state index is 15.3. The number of hydrogen-bond acceptors (Lipinski definition) is 5. The van der Waals surface area contributed by atoms with Crippen molar-refractivity contribution in [2.45, 2.75) is 64.7 Å². The maximum atomic E-state index is 15.3. The van der Waals surface area contributed by atoms with Crippen molar-refractivity contribution in [1.29, 1.82) is 0 Å². The molecule has 0 bridgehead atoms. The molecule has 1 aliphatic heterocycles. The lowest BCUT2D eigenvalue weighted by Gasteiger charge is -2.32. The average Bonchev–Trinajstić information content (AvgIpc) is 3.48. The van der Waals surface area contributed by atoms with E-state index in [0.29, 0.717) is 40.0 Å². The van der Waals surface area contributed by atoms with Crippen LogP contribution in [0.3, 0.4) is 0 Å². The molecular formula is C27H31BF2N2O4. The smallest absolute Gasteiger partial charge is 0.465 e. The van der Waals surface area contributed by atoms with Crippen LogP contribution in [0.4, 0.5) is 8.78 Å². The van der Waals surface area contributed by atoms with Crippen molar-refractivity contribution in [2.75, 3.05) is 13.8 Å². The molecule has 2 fully saturated rings. The minimum Gasteiger partial charge on any atom is -0.465 e. The van der Waals surface area contributed by atoms with E-state index < -0.39 is 36.4 Å². The maximum Gasteiger partial charge on any atom is 0.494 e. The predicted octanol–water partition coefficient (Wildman–Crippen LogP) is 4.60. The fourth-order valence-corrected chi connectivity index (χ4v) is 4.58. The zero-order valence-corrected chi connectivity index (χ0v) is 21.4. The van der Waals surface area contributed by atoms with Crippen LogP contribution in [0.2, 0.25) is 0 Å². The molecule has 1 aromatic heterocycles. The van der Waals surface area contributed by atoms with Gasteiger partial charge >= 0.3 is 13.1 Å². The van der Waals surface area contributed by atoms with Crippen molar-refractivity contribution < 1.29 is 27.6 Å². The number of hydrogen-bond donors (Lipinski definition) is 0. The largest absolute Gasteiger partial charge is 0.494 e. The first-order valence-corrected chi connectivity index (χ1v) is 12.2. The summed E-state index contributed by atoms with van der Waals surface area (Å²) in [5.41, 5.74) is 1.38. The zero-order valence-electron chi connectivity index (χ0n) is 21.4. The SMILES string of the molecule is COC(=O)c1ccc2nc(Cc3ccc(B4OC(C)(C)C(C)(C)O4)cc3F)n(CC3(CF)CC3)c2c1. The lowest BCUT2D eigenvalue weighted by atomic mass is 9.78. The third kappa shape index (κ3) is 4.32. The third-order valence-electron chi connectivity index (χ3n) is 7.93. The standard InChI is InChI=1S/C27H31BF2N2O4/c1-25(2)26(3,4)36-28(35-25)19-8-6-17(20(30)14-19)13-23-31-21-9-7-18(24(33)34-5)12-22(21)32(23)16-27(15-29)10-11-27/h6-9,12,14H,10-11,13,15-16H2,1-5H3. The Morgan fingerprint density at radius 1 is 1.11 bits per heavy atom. The van der Waals surface area contributed by atoms with Crippen molar-refractivity contribution in [2.24, 2.45) is 5.41 Å². The fraction of sp³-hybridized carbons (Fsp3) is 0.481. The van der Waals surface area contributed by atoms with Gasteiger partial charge in [-0.05, 0) is 75.8 Å². The second-order valence-electron chi connectivity index (χ2n) is 11.1. The highest BCUT2D eigenvalue weighted by Crippen LogP contribution is 2.48. The number of rotatable bonds is 7. The van der Waals surface area contributed by atoms with Crippen LogP contribution >= 0.6 is 0 Å². The van der Waals surface area contributed by atoms with Crippen molar-refractivity contribution in [3.63, 3.8) is 0 Å². The molecule has 9 heteroatoms. The summed E-state index contributed by atoms with van der Waals surface area (Å²) in [5, 5.41) is 0. The molecule has 0 unspecified atom stereocenters. The number of halogens is 2. The number of methoxy groups -OCH3 is 1. The summed E-state index contributed by atoms with van der Waals surface area (Å²) >= 11 is 0. The first-order chi connectivity index (χ1) is 17.0. The summed E-state index contributed by atoms with van der Waals surface area (Å²) in [6.45, 7) is 7.82. The van der Waals surface area contributed by atoms with E-state index in [1.807, 2.05) is 38.3 Å². The van der Waals surface area contributed by atoms with Gasteiger partial charge in [0.2, 0.25) is 0 Å². The Hall–Kier alpha value is -2.78.